The molecule has 0 amide bonds. The van der Waals surface area contributed by atoms with Gasteiger partial charge in [0.2, 0.25) is 0 Å². The molecule has 2 aromatic carbocycles. The zero-order valence-corrected chi connectivity index (χ0v) is 13.9. The van der Waals surface area contributed by atoms with Gasteiger partial charge in [-0.1, -0.05) is 17.3 Å². The van der Waals surface area contributed by atoms with Gasteiger partial charge < -0.3 is 14.9 Å². The second-order valence-corrected chi connectivity index (χ2v) is 5.86. The number of anilines is 1. The van der Waals surface area contributed by atoms with Crippen LogP contribution in [0.2, 0.25) is 0 Å². The fourth-order valence-electron chi connectivity index (χ4n) is 2.69. The van der Waals surface area contributed by atoms with E-state index in [1.165, 1.54) is 12.1 Å². The summed E-state index contributed by atoms with van der Waals surface area (Å²) in [6, 6.07) is 12.9. The van der Waals surface area contributed by atoms with Crippen molar-refractivity contribution in [1.29, 1.82) is 0 Å². The van der Waals surface area contributed by atoms with Gasteiger partial charge in [0.25, 0.3) is 0 Å². The summed E-state index contributed by atoms with van der Waals surface area (Å²) in [6.45, 7) is 2.17. The molecule has 26 heavy (non-hydrogen) atoms. The van der Waals surface area contributed by atoms with Crippen molar-refractivity contribution in [1.82, 2.24) is 15.1 Å². The minimum absolute atomic E-state index is 0.0760. The Hall–Kier alpha value is -3.48. The number of hydrogen-bond donors (Lipinski definition) is 2. The third-order valence-corrected chi connectivity index (χ3v) is 3.92. The molecule has 0 bridgehead atoms. The van der Waals surface area contributed by atoms with Crippen molar-refractivity contribution in [2.45, 2.75) is 13.5 Å². The summed E-state index contributed by atoms with van der Waals surface area (Å²) in [5.74, 6) is 1.20. The Kier molecular flexibility index (Phi) is 3.96. The number of rotatable bonds is 4. The van der Waals surface area contributed by atoms with Crippen LogP contribution in [0.15, 0.2) is 53.1 Å². The van der Waals surface area contributed by atoms with Gasteiger partial charge in [0, 0.05) is 11.5 Å². The quantitative estimate of drug-likeness (QED) is 0.578. The monoisotopic (exact) mass is 350 g/mol. The molecule has 6 nitrogen and oxygen atoms in total. The molecule has 0 saturated heterocycles. The first-order valence-corrected chi connectivity index (χ1v) is 8.02. The topological polar surface area (TPSA) is 84.1 Å². The van der Waals surface area contributed by atoms with Gasteiger partial charge >= 0.3 is 0 Å². The van der Waals surface area contributed by atoms with E-state index in [2.05, 4.69) is 20.4 Å². The fourth-order valence-corrected chi connectivity index (χ4v) is 2.69. The largest absolute Gasteiger partial charge is 0.507 e. The first-order chi connectivity index (χ1) is 12.6. The number of aromatic nitrogens is 3. The Balaban J connectivity index is 1.80. The third-order valence-electron chi connectivity index (χ3n) is 3.92. The molecule has 2 heterocycles. The van der Waals surface area contributed by atoms with Gasteiger partial charge in [-0.15, -0.1) is 0 Å². The van der Waals surface area contributed by atoms with E-state index in [0.717, 1.165) is 0 Å². The number of nitrogens with zero attached hydrogens (tertiary/aromatic N) is 3. The molecule has 2 N–H and O–H groups in total. The minimum Gasteiger partial charge on any atom is -0.507 e. The van der Waals surface area contributed by atoms with Gasteiger partial charge in [0.05, 0.1) is 17.6 Å². The molecule has 0 radical (unpaired) electrons. The van der Waals surface area contributed by atoms with Crippen LogP contribution in [0.5, 0.6) is 5.75 Å². The Labute approximate surface area is 148 Å². The molecule has 4 aromatic rings. The number of para-hydroxylation sites is 1. The smallest absolute Gasteiger partial charge is 0.165 e. The lowest BCUT2D eigenvalue weighted by Crippen LogP contribution is -2.04. The summed E-state index contributed by atoms with van der Waals surface area (Å²) >= 11 is 0. The Morgan fingerprint density at radius 2 is 1.96 bits per heavy atom. The molecule has 0 spiro atoms. The second kappa shape index (κ2) is 6.44. The number of fused-ring (bicyclic) bond motifs is 1. The Morgan fingerprint density at radius 1 is 1.12 bits per heavy atom. The summed E-state index contributed by atoms with van der Waals surface area (Å²) in [6.07, 6.45) is 0. The van der Waals surface area contributed by atoms with E-state index >= 15 is 0 Å². The molecule has 7 heteroatoms. The highest BCUT2D eigenvalue weighted by Gasteiger charge is 2.13. The highest BCUT2D eigenvalue weighted by molar-refractivity contribution is 5.91. The maximum atomic E-state index is 13.7. The van der Waals surface area contributed by atoms with Gasteiger partial charge in [-0.3, -0.25) is 0 Å². The van der Waals surface area contributed by atoms with Crippen LogP contribution in [0.4, 0.5) is 10.2 Å². The summed E-state index contributed by atoms with van der Waals surface area (Å²) in [7, 11) is 0. The predicted molar refractivity (Wildman–Crippen MR) is 95.2 cm³/mol. The number of aryl methyl sites for hydroxylation is 1. The van der Waals surface area contributed by atoms with Gasteiger partial charge in [-0.05, 0) is 37.3 Å². The van der Waals surface area contributed by atoms with Gasteiger partial charge in [-0.2, -0.15) is 0 Å². The van der Waals surface area contributed by atoms with E-state index < -0.39 is 0 Å². The standard InChI is InChI=1S/C19H15FN4O2/c1-11-8-13(24-26-11)10-21-18-15-9-12(20)6-7-16(15)22-19(23-18)14-4-2-3-5-17(14)25/h2-9,25H,10H2,1H3,(H,21,22,23). The van der Waals surface area contributed by atoms with Crippen molar-refractivity contribution in [3.63, 3.8) is 0 Å². The number of nitrogens with one attached hydrogen (secondary N) is 1. The molecule has 0 fully saturated rings. The van der Waals surface area contributed by atoms with E-state index in [1.54, 1.807) is 36.4 Å². The number of benzene rings is 2. The zero-order chi connectivity index (χ0) is 18.1. The van der Waals surface area contributed by atoms with E-state index in [0.29, 0.717) is 46.1 Å². The summed E-state index contributed by atoms with van der Waals surface area (Å²) in [5.41, 5.74) is 1.77. The Morgan fingerprint density at radius 3 is 2.73 bits per heavy atom. The molecule has 0 aliphatic rings. The number of phenols is 1. The summed E-state index contributed by atoms with van der Waals surface area (Å²) < 4.78 is 18.8. The number of halogens is 1. The first kappa shape index (κ1) is 16.0. The number of aromatic hydroxyl groups is 1. The van der Waals surface area contributed by atoms with Crippen LogP contribution in [0.3, 0.4) is 0 Å². The maximum absolute atomic E-state index is 13.7. The zero-order valence-electron chi connectivity index (χ0n) is 13.9. The summed E-state index contributed by atoms with van der Waals surface area (Å²) in [5, 5.41) is 17.7. The molecule has 2 aromatic heterocycles. The highest BCUT2D eigenvalue weighted by Crippen LogP contribution is 2.30. The van der Waals surface area contributed by atoms with Crippen molar-refractivity contribution in [3.05, 3.63) is 65.8 Å². The lowest BCUT2D eigenvalue weighted by Gasteiger charge is -2.11. The van der Waals surface area contributed by atoms with Crippen LogP contribution >= 0.6 is 0 Å². The summed E-state index contributed by atoms with van der Waals surface area (Å²) in [4.78, 5) is 8.94. The average Bonchev–Trinajstić information content (AvgIpc) is 3.05. The lowest BCUT2D eigenvalue weighted by molar-refractivity contribution is 0.391. The average molecular weight is 350 g/mol. The van der Waals surface area contributed by atoms with Crippen LogP contribution in [-0.4, -0.2) is 20.2 Å². The minimum atomic E-state index is -0.378. The van der Waals surface area contributed by atoms with Crippen molar-refractivity contribution >= 4 is 16.7 Å². The van der Waals surface area contributed by atoms with E-state index in [-0.39, 0.29) is 11.6 Å². The maximum Gasteiger partial charge on any atom is 0.165 e. The van der Waals surface area contributed by atoms with Gasteiger partial charge in [-0.25, -0.2) is 14.4 Å². The van der Waals surface area contributed by atoms with Crippen LogP contribution in [0.25, 0.3) is 22.3 Å². The molecule has 0 aliphatic heterocycles. The molecule has 0 aliphatic carbocycles. The van der Waals surface area contributed by atoms with Crippen molar-refractivity contribution in [3.8, 4) is 17.1 Å². The first-order valence-electron chi connectivity index (χ1n) is 8.02. The van der Waals surface area contributed by atoms with Crippen LogP contribution in [0, 0.1) is 12.7 Å². The number of hydrogen-bond acceptors (Lipinski definition) is 6. The molecule has 0 atom stereocenters. The Bertz CT molecular complexity index is 1090. The van der Waals surface area contributed by atoms with Crippen molar-refractivity contribution in [2.75, 3.05) is 5.32 Å². The molecule has 0 saturated carbocycles. The van der Waals surface area contributed by atoms with Crippen molar-refractivity contribution in [2.24, 2.45) is 0 Å². The van der Waals surface area contributed by atoms with Gasteiger partial charge in [0.15, 0.2) is 5.82 Å². The fraction of sp³-hybridized carbons (Fsp3) is 0.105. The molecule has 0 unspecified atom stereocenters. The molecular weight excluding hydrogens is 335 g/mol. The SMILES string of the molecule is Cc1cc(CNc2nc(-c3ccccc3O)nc3ccc(F)cc23)no1. The van der Waals surface area contributed by atoms with Crippen LogP contribution < -0.4 is 5.32 Å². The van der Waals surface area contributed by atoms with E-state index in [4.69, 9.17) is 4.52 Å². The predicted octanol–water partition coefficient (Wildman–Crippen LogP) is 4.05. The van der Waals surface area contributed by atoms with E-state index in [1.807, 2.05) is 6.92 Å². The number of phenolic OH excluding ortho intramolecular Hbond substituents is 1. The molecule has 130 valence electrons. The lowest BCUT2D eigenvalue weighted by atomic mass is 10.1. The van der Waals surface area contributed by atoms with Crippen molar-refractivity contribution < 1.29 is 14.0 Å². The van der Waals surface area contributed by atoms with Crippen LogP contribution in [0.1, 0.15) is 11.5 Å². The second-order valence-electron chi connectivity index (χ2n) is 5.86. The molecule has 4 rings (SSSR count). The van der Waals surface area contributed by atoms with E-state index in [9.17, 15) is 9.50 Å². The highest BCUT2D eigenvalue weighted by atomic mass is 19.1. The third kappa shape index (κ3) is 3.06. The van der Waals surface area contributed by atoms with Crippen LogP contribution in [-0.2, 0) is 6.54 Å². The van der Waals surface area contributed by atoms with Gasteiger partial charge in [0.1, 0.15) is 28.8 Å². The normalized spacial score (nSPS) is 11.0. The molecular formula is C19H15FN4O2.